The van der Waals surface area contributed by atoms with Gasteiger partial charge in [0.2, 0.25) is 11.0 Å². The van der Waals surface area contributed by atoms with E-state index in [9.17, 15) is 14.4 Å². The molecule has 2 unspecified atom stereocenters. The van der Waals surface area contributed by atoms with Gasteiger partial charge in [0.25, 0.3) is 0 Å². The van der Waals surface area contributed by atoms with Gasteiger partial charge in [0.05, 0.1) is 17.0 Å². The summed E-state index contributed by atoms with van der Waals surface area (Å²) in [4.78, 5) is 37.9. The zero-order chi connectivity index (χ0) is 16.2. The number of hydrogen-bond donors (Lipinski definition) is 2. The monoisotopic (exact) mass is 353 g/mol. The Hall–Kier alpha value is -1.54. The third kappa shape index (κ3) is 4.06. The van der Waals surface area contributed by atoms with Crippen LogP contribution in [-0.4, -0.2) is 46.8 Å². The molecule has 0 aromatic carbocycles. The Balaban J connectivity index is 1.53. The van der Waals surface area contributed by atoms with Crippen LogP contribution in [0.1, 0.15) is 19.3 Å². The number of anilines is 1. The summed E-state index contributed by atoms with van der Waals surface area (Å²) in [6.45, 7) is 1.05. The molecule has 0 spiro atoms. The maximum atomic E-state index is 12.4. The van der Waals surface area contributed by atoms with Crippen molar-refractivity contribution in [3.8, 4) is 0 Å². The fourth-order valence-corrected chi connectivity index (χ4v) is 4.37. The lowest BCUT2D eigenvalue weighted by Crippen LogP contribution is -2.49. The number of likely N-dealkylation sites (tertiary alicyclic amines) is 1. The molecule has 0 saturated carbocycles. The molecule has 2 N–H and O–H groups in total. The fraction of sp³-hybridized carbons (Fsp3) is 0.533. The fourth-order valence-electron chi connectivity index (χ4n) is 2.83. The summed E-state index contributed by atoms with van der Waals surface area (Å²) >= 11 is 2.74. The van der Waals surface area contributed by atoms with E-state index in [4.69, 9.17) is 0 Å². The molecule has 1 aromatic heterocycles. The Kier molecular flexibility index (Phi) is 5.22. The van der Waals surface area contributed by atoms with E-state index in [2.05, 4.69) is 10.6 Å². The van der Waals surface area contributed by atoms with Crippen molar-refractivity contribution in [1.82, 2.24) is 10.2 Å². The second-order valence-corrected chi connectivity index (χ2v) is 7.76. The van der Waals surface area contributed by atoms with Crippen molar-refractivity contribution >= 4 is 45.2 Å². The van der Waals surface area contributed by atoms with E-state index in [0.29, 0.717) is 19.5 Å². The Morgan fingerprint density at radius 2 is 2.17 bits per heavy atom. The molecule has 6 nitrogen and oxygen atoms in total. The van der Waals surface area contributed by atoms with Gasteiger partial charge in [0.15, 0.2) is 0 Å². The molecule has 8 heteroatoms. The molecule has 2 atom stereocenters. The van der Waals surface area contributed by atoms with E-state index >= 15 is 0 Å². The topological polar surface area (TPSA) is 78.5 Å². The molecule has 2 aliphatic rings. The van der Waals surface area contributed by atoms with E-state index < -0.39 is 0 Å². The normalized spacial score (nSPS) is 24.5. The number of thioether (sulfide) groups is 1. The number of thiophene rings is 1. The first-order valence-corrected chi connectivity index (χ1v) is 9.56. The van der Waals surface area contributed by atoms with E-state index in [1.807, 2.05) is 17.5 Å². The first-order valence-electron chi connectivity index (χ1n) is 7.70. The summed E-state index contributed by atoms with van der Waals surface area (Å²) in [5.74, 6) is 0.416. The summed E-state index contributed by atoms with van der Waals surface area (Å²) in [5.41, 5.74) is 0. The minimum atomic E-state index is -0.358. The highest BCUT2D eigenvalue weighted by Crippen LogP contribution is 2.23. The van der Waals surface area contributed by atoms with Crippen LogP contribution >= 0.6 is 23.1 Å². The average Bonchev–Trinajstić information content (AvgIpc) is 3.20. The zero-order valence-electron chi connectivity index (χ0n) is 12.6. The molecule has 1 aromatic rings. The average molecular weight is 353 g/mol. The molecule has 2 saturated heterocycles. The number of rotatable bonds is 3. The molecule has 0 radical (unpaired) electrons. The molecule has 3 amide bonds. The summed E-state index contributed by atoms with van der Waals surface area (Å²) in [5, 5.41) is 8.43. The van der Waals surface area contributed by atoms with Gasteiger partial charge in [0.1, 0.15) is 0 Å². The minimum Gasteiger partial charge on any atom is -0.345 e. The predicted octanol–water partition coefficient (Wildman–Crippen LogP) is 2.14. The van der Waals surface area contributed by atoms with Crippen molar-refractivity contribution in [2.75, 3.05) is 24.2 Å². The number of amides is 3. The highest BCUT2D eigenvalue weighted by Gasteiger charge is 2.32. The molecule has 23 heavy (non-hydrogen) atoms. The summed E-state index contributed by atoms with van der Waals surface area (Å²) in [6.07, 6.45) is 2.25. The van der Waals surface area contributed by atoms with Gasteiger partial charge in [-0.1, -0.05) is 11.8 Å². The number of nitrogens with one attached hydrogen (secondary N) is 2. The van der Waals surface area contributed by atoms with E-state index in [1.165, 1.54) is 23.1 Å². The van der Waals surface area contributed by atoms with Gasteiger partial charge in [0, 0.05) is 18.8 Å². The quantitative estimate of drug-likeness (QED) is 0.873. The summed E-state index contributed by atoms with van der Waals surface area (Å²) < 4.78 is 0. The molecular weight excluding hydrogens is 334 g/mol. The van der Waals surface area contributed by atoms with Gasteiger partial charge in [-0.25, -0.2) is 4.79 Å². The second-order valence-electron chi connectivity index (χ2n) is 5.71. The standard InChI is InChI=1S/C15H19N3O3S2/c19-13(16-11-5-8-23-14(11)20)10-3-1-6-18(9-10)15(21)17-12-4-2-7-22-12/h2,4,7,10-11H,1,3,5-6,8-9H2,(H,16,19)(H,17,21). The molecule has 0 aliphatic carbocycles. The van der Waals surface area contributed by atoms with Crippen molar-refractivity contribution in [1.29, 1.82) is 0 Å². The summed E-state index contributed by atoms with van der Waals surface area (Å²) in [7, 11) is 0. The molecule has 0 bridgehead atoms. The Morgan fingerprint density at radius 1 is 1.30 bits per heavy atom. The highest BCUT2D eigenvalue weighted by atomic mass is 32.2. The van der Waals surface area contributed by atoms with Crippen molar-refractivity contribution in [3.05, 3.63) is 17.5 Å². The number of carbonyl (C=O) groups is 3. The molecule has 124 valence electrons. The third-order valence-corrected chi connectivity index (χ3v) is 5.88. The van der Waals surface area contributed by atoms with Crippen molar-refractivity contribution in [3.63, 3.8) is 0 Å². The number of hydrogen-bond acceptors (Lipinski definition) is 5. The van der Waals surface area contributed by atoms with Crippen LogP contribution in [0.25, 0.3) is 0 Å². The predicted molar refractivity (Wildman–Crippen MR) is 91.6 cm³/mol. The third-order valence-electron chi connectivity index (χ3n) is 4.08. The Bertz CT molecular complexity index is 591. The van der Waals surface area contributed by atoms with Gasteiger partial charge in [-0.2, -0.15) is 0 Å². The number of nitrogens with zero attached hydrogens (tertiary/aromatic N) is 1. The Morgan fingerprint density at radius 3 is 2.87 bits per heavy atom. The molecular formula is C15H19N3O3S2. The van der Waals surface area contributed by atoms with Gasteiger partial charge in [-0.15, -0.1) is 11.3 Å². The first-order chi connectivity index (χ1) is 11.1. The van der Waals surface area contributed by atoms with Gasteiger partial charge >= 0.3 is 6.03 Å². The van der Waals surface area contributed by atoms with E-state index in [0.717, 1.165) is 23.6 Å². The van der Waals surface area contributed by atoms with E-state index in [-0.39, 0.29) is 29.0 Å². The lowest BCUT2D eigenvalue weighted by Gasteiger charge is -2.32. The van der Waals surface area contributed by atoms with Crippen LogP contribution in [0.3, 0.4) is 0 Å². The van der Waals surface area contributed by atoms with Crippen LogP contribution in [0, 0.1) is 5.92 Å². The van der Waals surface area contributed by atoms with Crippen LogP contribution in [0.5, 0.6) is 0 Å². The Labute approximate surface area is 143 Å². The lowest BCUT2D eigenvalue weighted by atomic mass is 9.97. The van der Waals surface area contributed by atoms with Crippen LogP contribution < -0.4 is 10.6 Å². The van der Waals surface area contributed by atoms with Crippen LogP contribution in [0.15, 0.2) is 17.5 Å². The van der Waals surface area contributed by atoms with Gasteiger partial charge < -0.3 is 10.2 Å². The van der Waals surface area contributed by atoms with Crippen molar-refractivity contribution < 1.29 is 14.4 Å². The number of piperidine rings is 1. The van der Waals surface area contributed by atoms with Gasteiger partial charge in [-0.05, 0) is 36.8 Å². The highest BCUT2D eigenvalue weighted by molar-refractivity contribution is 8.14. The smallest absolute Gasteiger partial charge is 0.322 e. The van der Waals surface area contributed by atoms with Gasteiger partial charge in [-0.3, -0.25) is 14.9 Å². The van der Waals surface area contributed by atoms with Crippen molar-refractivity contribution in [2.45, 2.75) is 25.3 Å². The van der Waals surface area contributed by atoms with E-state index in [1.54, 1.807) is 4.90 Å². The largest absolute Gasteiger partial charge is 0.345 e. The molecule has 2 fully saturated rings. The second kappa shape index (κ2) is 7.35. The minimum absolute atomic E-state index is 0.0430. The van der Waals surface area contributed by atoms with Crippen LogP contribution in [0.4, 0.5) is 9.80 Å². The molecule has 3 rings (SSSR count). The zero-order valence-corrected chi connectivity index (χ0v) is 14.3. The first kappa shape index (κ1) is 16.3. The lowest BCUT2D eigenvalue weighted by molar-refractivity contribution is -0.129. The van der Waals surface area contributed by atoms with Crippen LogP contribution in [0.2, 0.25) is 0 Å². The number of carbonyl (C=O) groups excluding carboxylic acids is 3. The number of urea groups is 1. The molecule has 2 aliphatic heterocycles. The molecule has 3 heterocycles. The van der Waals surface area contributed by atoms with Crippen LogP contribution in [-0.2, 0) is 9.59 Å². The SMILES string of the molecule is O=C(NC1CCSC1=O)C1CCCN(C(=O)Nc2cccs2)C1. The maximum absolute atomic E-state index is 12.4. The maximum Gasteiger partial charge on any atom is 0.322 e. The summed E-state index contributed by atoms with van der Waals surface area (Å²) in [6, 6.07) is 3.20. The van der Waals surface area contributed by atoms with Crippen molar-refractivity contribution in [2.24, 2.45) is 5.92 Å².